The summed E-state index contributed by atoms with van der Waals surface area (Å²) >= 11 is 0. The molecule has 0 aliphatic heterocycles. The van der Waals surface area contributed by atoms with E-state index >= 15 is 0 Å². The van der Waals surface area contributed by atoms with E-state index in [4.69, 9.17) is 13.9 Å². The minimum atomic E-state index is -1.66. The number of allylic oxidation sites excluding steroid dienone is 5. The van der Waals surface area contributed by atoms with Gasteiger partial charge in [-0.15, -0.1) is 0 Å². The number of carbonyl (C=O) groups is 1. The van der Waals surface area contributed by atoms with Crippen LogP contribution < -0.4 is 4.74 Å². The Hall–Kier alpha value is -2.99. The van der Waals surface area contributed by atoms with E-state index in [1.54, 1.807) is 37.5 Å². The standard InChI is InChI=1S/C31H42O4Si/c1-8-20-29(35-30(32)27-22-24-28(33-5)25-23-27)21-18-16-14-12-10-9-11-13-15-17-19-26-34-36(6,7)31(2,3)4/h10,12,14,16,18,21-25,29H,8,17,19-20,26H2,1-7H3/b12-10-,16-14+,21-18+/t29-/m1/s1. The summed E-state index contributed by atoms with van der Waals surface area (Å²) in [5.74, 6) is 12.1. The van der Waals surface area contributed by atoms with E-state index in [2.05, 4.69) is 64.5 Å². The number of ether oxygens (including phenoxy) is 2. The molecule has 0 aromatic heterocycles. The molecule has 4 nitrogen and oxygen atoms in total. The van der Waals surface area contributed by atoms with Crippen molar-refractivity contribution in [2.75, 3.05) is 13.7 Å². The van der Waals surface area contributed by atoms with Crippen LogP contribution in [0.25, 0.3) is 0 Å². The molecule has 0 aliphatic carbocycles. The van der Waals surface area contributed by atoms with Crippen molar-refractivity contribution < 1.29 is 18.7 Å². The molecular formula is C31H42O4Si. The van der Waals surface area contributed by atoms with Gasteiger partial charge < -0.3 is 13.9 Å². The lowest BCUT2D eigenvalue weighted by Crippen LogP contribution is -2.40. The van der Waals surface area contributed by atoms with Gasteiger partial charge in [-0.2, -0.15) is 0 Å². The third-order valence-corrected chi connectivity index (χ3v) is 10.5. The third-order valence-electron chi connectivity index (χ3n) is 5.93. The maximum absolute atomic E-state index is 12.4. The Bertz CT molecular complexity index is 1000. The first-order chi connectivity index (χ1) is 17.1. The van der Waals surface area contributed by atoms with Gasteiger partial charge in [0, 0.05) is 13.0 Å². The molecule has 0 unspecified atom stereocenters. The van der Waals surface area contributed by atoms with Crippen molar-refractivity contribution >= 4 is 14.3 Å². The lowest BCUT2D eigenvalue weighted by molar-refractivity contribution is 0.0379. The van der Waals surface area contributed by atoms with E-state index in [1.807, 2.05) is 30.4 Å². The van der Waals surface area contributed by atoms with Crippen LogP contribution in [0.4, 0.5) is 0 Å². The summed E-state index contributed by atoms with van der Waals surface area (Å²) in [6, 6.07) is 6.90. The number of unbranched alkanes of at least 4 members (excludes halogenated alkanes) is 1. The summed E-state index contributed by atoms with van der Waals surface area (Å²) in [4.78, 5) is 12.4. The molecule has 0 amide bonds. The largest absolute Gasteiger partial charge is 0.497 e. The van der Waals surface area contributed by atoms with Crippen LogP contribution in [-0.4, -0.2) is 34.1 Å². The highest BCUT2D eigenvalue weighted by Gasteiger charge is 2.36. The van der Waals surface area contributed by atoms with Gasteiger partial charge in [0.05, 0.1) is 12.7 Å². The molecule has 36 heavy (non-hydrogen) atoms. The topological polar surface area (TPSA) is 44.8 Å². The number of hydrogen-bond donors (Lipinski definition) is 0. The highest BCUT2D eigenvalue weighted by molar-refractivity contribution is 6.74. The van der Waals surface area contributed by atoms with Gasteiger partial charge in [0.2, 0.25) is 0 Å². The zero-order valence-corrected chi connectivity index (χ0v) is 24.0. The van der Waals surface area contributed by atoms with Gasteiger partial charge >= 0.3 is 5.97 Å². The van der Waals surface area contributed by atoms with Gasteiger partial charge in [-0.05, 0) is 79.2 Å². The minimum absolute atomic E-state index is 0.239. The molecule has 1 aromatic carbocycles. The normalized spacial score (nSPS) is 12.8. The number of carbonyl (C=O) groups excluding carboxylic acids is 1. The number of benzene rings is 1. The number of rotatable bonds is 12. The van der Waals surface area contributed by atoms with E-state index < -0.39 is 8.32 Å². The summed E-state index contributed by atoms with van der Waals surface area (Å²) in [5.41, 5.74) is 0.505. The van der Waals surface area contributed by atoms with Crippen molar-refractivity contribution in [2.24, 2.45) is 0 Å². The SMILES string of the molecule is CCC[C@H](/C=C/C=C/C=C\C#CC#CCCCO[Si](C)(C)C(C)(C)C)OC(=O)c1ccc(OC)cc1. The van der Waals surface area contributed by atoms with E-state index in [-0.39, 0.29) is 17.1 Å². The Morgan fingerprint density at radius 2 is 1.75 bits per heavy atom. The van der Waals surface area contributed by atoms with Crippen LogP contribution in [0.2, 0.25) is 18.1 Å². The smallest absolute Gasteiger partial charge is 0.338 e. The number of esters is 1. The van der Waals surface area contributed by atoms with Gasteiger partial charge in [-0.3, -0.25) is 0 Å². The first-order valence-corrected chi connectivity index (χ1v) is 15.5. The van der Waals surface area contributed by atoms with E-state index in [0.717, 1.165) is 32.3 Å². The zero-order valence-electron chi connectivity index (χ0n) is 23.0. The predicted octanol–water partition coefficient (Wildman–Crippen LogP) is 7.50. The van der Waals surface area contributed by atoms with Crippen LogP contribution in [0.5, 0.6) is 5.75 Å². The van der Waals surface area contributed by atoms with Crippen LogP contribution in [0.1, 0.15) is 63.7 Å². The van der Waals surface area contributed by atoms with E-state index in [1.165, 1.54) is 0 Å². The van der Waals surface area contributed by atoms with Gasteiger partial charge in [0.25, 0.3) is 0 Å². The van der Waals surface area contributed by atoms with E-state index in [0.29, 0.717) is 11.3 Å². The van der Waals surface area contributed by atoms with Crippen molar-refractivity contribution in [3.05, 3.63) is 66.3 Å². The molecule has 0 fully saturated rings. The second-order valence-electron chi connectivity index (χ2n) is 9.87. The van der Waals surface area contributed by atoms with Crippen LogP contribution in [0, 0.1) is 23.7 Å². The van der Waals surface area contributed by atoms with Crippen LogP contribution in [0.15, 0.2) is 60.7 Å². The molecule has 0 N–H and O–H groups in total. The Morgan fingerprint density at radius 1 is 1.06 bits per heavy atom. The van der Waals surface area contributed by atoms with Gasteiger partial charge in [-0.25, -0.2) is 4.79 Å². The molecule has 0 aliphatic rings. The summed E-state index contributed by atoms with van der Waals surface area (Å²) in [6.07, 6.45) is 14.3. The molecule has 194 valence electrons. The lowest BCUT2D eigenvalue weighted by Gasteiger charge is -2.36. The van der Waals surface area contributed by atoms with Gasteiger partial charge in [-0.1, -0.05) is 70.3 Å². The van der Waals surface area contributed by atoms with Crippen LogP contribution in [-0.2, 0) is 9.16 Å². The fraction of sp³-hybridized carbons (Fsp3) is 0.452. The van der Waals surface area contributed by atoms with Crippen molar-refractivity contribution in [3.8, 4) is 29.4 Å². The summed E-state index contributed by atoms with van der Waals surface area (Å²) < 4.78 is 16.9. The third kappa shape index (κ3) is 12.6. The Labute approximate surface area is 219 Å². The fourth-order valence-electron chi connectivity index (χ4n) is 2.72. The molecule has 0 heterocycles. The highest BCUT2D eigenvalue weighted by atomic mass is 28.4. The Morgan fingerprint density at radius 3 is 2.39 bits per heavy atom. The molecule has 5 heteroatoms. The van der Waals surface area contributed by atoms with Crippen molar-refractivity contribution in [1.29, 1.82) is 0 Å². The second-order valence-corrected chi connectivity index (χ2v) is 14.7. The Balaban J connectivity index is 2.39. The number of methoxy groups -OCH3 is 1. The van der Waals surface area contributed by atoms with Gasteiger partial charge in [0.15, 0.2) is 8.32 Å². The van der Waals surface area contributed by atoms with Crippen LogP contribution >= 0.6 is 0 Å². The summed E-state index contributed by atoms with van der Waals surface area (Å²) in [5, 5.41) is 0.239. The first-order valence-electron chi connectivity index (χ1n) is 12.6. The van der Waals surface area contributed by atoms with Crippen LogP contribution in [0.3, 0.4) is 0 Å². The first kappa shape index (κ1) is 31.0. The molecule has 0 saturated carbocycles. The maximum atomic E-state index is 12.4. The molecule has 1 rings (SSSR count). The predicted molar refractivity (Wildman–Crippen MR) is 152 cm³/mol. The molecule has 0 radical (unpaired) electrons. The Kier molecular flexibility index (Phi) is 14.3. The molecule has 0 saturated heterocycles. The molecule has 0 bridgehead atoms. The molecule has 0 spiro atoms. The van der Waals surface area contributed by atoms with Crippen molar-refractivity contribution in [2.45, 2.75) is 77.6 Å². The average Bonchev–Trinajstić information content (AvgIpc) is 2.83. The average molecular weight is 507 g/mol. The molecule has 1 aromatic rings. The second kappa shape index (κ2) is 16.6. The summed E-state index contributed by atoms with van der Waals surface area (Å²) in [7, 11) is -0.0714. The zero-order chi connectivity index (χ0) is 26.9. The molecular weight excluding hydrogens is 464 g/mol. The summed E-state index contributed by atoms with van der Waals surface area (Å²) in [6.45, 7) is 14.1. The maximum Gasteiger partial charge on any atom is 0.338 e. The monoisotopic (exact) mass is 506 g/mol. The minimum Gasteiger partial charge on any atom is -0.497 e. The van der Waals surface area contributed by atoms with E-state index in [9.17, 15) is 4.79 Å². The van der Waals surface area contributed by atoms with Crippen molar-refractivity contribution in [1.82, 2.24) is 0 Å². The van der Waals surface area contributed by atoms with Crippen molar-refractivity contribution in [3.63, 3.8) is 0 Å². The number of hydrogen-bond acceptors (Lipinski definition) is 4. The fourth-order valence-corrected chi connectivity index (χ4v) is 3.81. The highest BCUT2D eigenvalue weighted by Crippen LogP contribution is 2.36. The lowest BCUT2D eigenvalue weighted by atomic mass is 10.2. The quantitative estimate of drug-likeness (QED) is 0.0968. The molecule has 1 atom stereocenters. The van der Waals surface area contributed by atoms with Gasteiger partial charge in [0.1, 0.15) is 11.9 Å².